The molecule has 0 radical (unpaired) electrons. The van der Waals surface area contributed by atoms with Gasteiger partial charge in [0.1, 0.15) is 12.6 Å². The van der Waals surface area contributed by atoms with E-state index >= 15 is 0 Å². The van der Waals surface area contributed by atoms with Gasteiger partial charge in [0.2, 0.25) is 11.8 Å². The van der Waals surface area contributed by atoms with E-state index < -0.39 is 28.5 Å². The molecule has 202 valence electrons. The summed E-state index contributed by atoms with van der Waals surface area (Å²) in [6.45, 7) is 5.48. The summed E-state index contributed by atoms with van der Waals surface area (Å²) in [5, 5.41) is 3.23. The molecule has 0 aromatic heterocycles. The number of sulfonamides is 1. The van der Waals surface area contributed by atoms with Crippen LogP contribution in [0.2, 0.25) is 5.02 Å². The molecule has 0 heterocycles. The van der Waals surface area contributed by atoms with E-state index in [1.165, 1.54) is 29.2 Å². The van der Waals surface area contributed by atoms with Crippen molar-refractivity contribution in [1.82, 2.24) is 10.2 Å². The largest absolute Gasteiger partial charge is 0.354 e. The molecular formula is C28H31BrClN3O4S. The molecule has 3 rings (SSSR count). The van der Waals surface area contributed by atoms with Crippen LogP contribution in [0.25, 0.3) is 0 Å². The van der Waals surface area contributed by atoms with Gasteiger partial charge in [-0.15, -0.1) is 0 Å². The van der Waals surface area contributed by atoms with Crippen molar-refractivity contribution in [2.75, 3.05) is 17.4 Å². The number of aryl methyl sites for hydroxylation is 1. The first-order valence-electron chi connectivity index (χ1n) is 12.2. The summed E-state index contributed by atoms with van der Waals surface area (Å²) in [4.78, 5) is 28.2. The molecule has 1 unspecified atom stereocenters. The zero-order chi connectivity index (χ0) is 27.9. The summed E-state index contributed by atoms with van der Waals surface area (Å²) in [7, 11) is -4.14. The fourth-order valence-electron chi connectivity index (χ4n) is 3.90. The summed E-state index contributed by atoms with van der Waals surface area (Å²) in [6, 6.07) is 19.4. The molecule has 0 fully saturated rings. The topological polar surface area (TPSA) is 86.8 Å². The molecule has 0 aliphatic heterocycles. The lowest BCUT2D eigenvalue weighted by Gasteiger charge is -2.32. The third-order valence-corrected chi connectivity index (χ3v) is 8.54. The van der Waals surface area contributed by atoms with E-state index in [0.29, 0.717) is 22.8 Å². The molecule has 1 atom stereocenters. The van der Waals surface area contributed by atoms with Crippen LogP contribution in [0, 0.1) is 6.92 Å². The second-order valence-electron chi connectivity index (χ2n) is 8.87. The summed E-state index contributed by atoms with van der Waals surface area (Å²) < 4.78 is 29.6. The van der Waals surface area contributed by atoms with Gasteiger partial charge in [-0.25, -0.2) is 8.42 Å². The van der Waals surface area contributed by atoms with E-state index in [0.717, 1.165) is 20.8 Å². The average molecular weight is 621 g/mol. The van der Waals surface area contributed by atoms with Crippen molar-refractivity contribution in [3.05, 3.63) is 93.4 Å². The maximum atomic E-state index is 13.9. The van der Waals surface area contributed by atoms with Crippen LogP contribution in [0.3, 0.4) is 0 Å². The SMILES string of the molecule is CCCNC(=O)C(C)N(Cc1cccc(Br)c1)C(=O)CN(c1ccccc1C)S(=O)(=O)c1ccc(Cl)cc1. The van der Waals surface area contributed by atoms with E-state index in [9.17, 15) is 18.0 Å². The van der Waals surface area contributed by atoms with Gasteiger partial charge in [-0.2, -0.15) is 0 Å². The van der Waals surface area contributed by atoms with Crippen molar-refractivity contribution >= 4 is 55.1 Å². The van der Waals surface area contributed by atoms with Crippen molar-refractivity contribution < 1.29 is 18.0 Å². The predicted molar refractivity (Wildman–Crippen MR) is 155 cm³/mol. The van der Waals surface area contributed by atoms with Crippen molar-refractivity contribution in [2.24, 2.45) is 0 Å². The lowest BCUT2D eigenvalue weighted by Crippen LogP contribution is -2.51. The van der Waals surface area contributed by atoms with E-state index in [1.807, 2.05) is 31.2 Å². The van der Waals surface area contributed by atoms with Gasteiger partial charge in [0.05, 0.1) is 10.6 Å². The average Bonchev–Trinajstić information content (AvgIpc) is 2.89. The van der Waals surface area contributed by atoms with Crippen molar-refractivity contribution in [2.45, 2.75) is 44.7 Å². The summed E-state index contributed by atoms with van der Waals surface area (Å²) in [5.74, 6) is -0.817. The molecule has 1 N–H and O–H groups in total. The molecular weight excluding hydrogens is 590 g/mol. The molecule has 3 aromatic carbocycles. The molecule has 2 amide bonds. The van der Waals surface area contributed by atoms with Gasteiger partial charge < -0.3 is 10.2 Å². The lowest BCUT2D eigenvalue weighted by molar-refractivity contribution is -0.139. The first-order valence-corrected chi connectivity index (χ1v) is 14.8. The van der Waals surface area contributed by atoms with Crippen LogP contribution >= 0.6 is 27.5 Å². The predicted octanol–water partition coefficient (Wildman–Crippen LogP) is 5.55. The highest BCUT2D eigenvalue weighted by molar-refractivity contribution is 9.10. The van der Waals surface area contributed by atoms with Crippen LogP contribution in [0.1, 0.15) is 31.4 Å². The van der Waals surface area contributed by atoms with E-state index in [1.54, 1.807) is 38.1 Å². The summed E-state index contributed by atoms with van der Waals surface area (Å²) >= 11 is 9.43. The number of carbonyl (C=O) groups excluding carboxylic acids is 2. The summed E-state index contributed by atoms with van der Waals surface area (Å²) in [5.41, 5.74) is 1.86. The molecule has 38 heavy (non-hydrogen) atoms. The van der Waals surface area contributed by atoms with Crippen LogP contribution in [0.4, 0.5) is 5.69 Å². The second-order valence-corrected chi connectivity index (χ2v) is 12.1. The number of nitrogens with one attached hydrogen (secondary N) is 1. The number of hydrogen-bond donors (Lipinski definition) is 1. The van der Waals surface area contributed by atoms with E-state index in [4.69, 9.17) is 11.6 Å². The third-order valence-electron chi connectivity index (χ3n) is 6.02. The monoisotopic (exact) mass is 619 g/mol. The van der Waals surface area contributed by atoms with Crippen molar-refractivity contribution in [3.8, 4) is 0 Å². The highest BCUT2D eigenvalue weighted by Gasteiger charge is 2.33. The van der Waals surface area contributed by atoms with Crippen LogP contribution in [-0.2, 0) is 26.2 Å². The van der Waals surface area contributed by atoms with Gasteiger partial charge in [0.25, 0.3) is 10.0 Å². The number of para-hydroxylation sites is 1. The zero-order valence-corrected chi connectivity index (χ0v) is 24.7. The number of rotatable bonds is 11. The highest BCUT2D eigenvalue weighted by atomic mass is 79.9. The Balaban J connectivity index is 2.03. The van der Waals surface area contributed by atoms with Gasteiger partial charge in [0, 0.05) is 22.6 Å². The van der Waals surface area contributed by atoms with E-state index in [2.05, 4.69) is 21.2 Å². The van der Waals surface area contributed by atoms with Crippen LogP contribution < -0.4 is 9.62 Å². The minimum atomic E-state index is -4.14. The van der Waals surface area contributed by atoms with Gasteiger partial charge in [0.15, 0.2) is 0 Å². The quantitative estimate of drug-likeness (QED) is 0.305. The van der Waals surface area contributed by atoms with Crippen LogP contribution in [0.15, 0.2) is 82.2 Å². The van der Waals surface area contributed by atoms with Crippen LogP contribution in [-0.4, -0.2) is 44.3 Å². The molecule has 0 bridgehead atoms. The normalized spacial score (nSPS) is 12.0. The third kappa shape index (κ3) is 7.36. The Hall–Kier alpha value is -2.88. The van der Waals surface area contributed by atoms with Crippen molar-refractivity contribution in [1.29, 1.82) is 0 Å². The van der Waals surface area contributed by atoms with Gasteiger partial charge in [-0.1, -0.05) is 64.8 Å². The number of anilines is 1. The Morgan fingerprint density at radius 3 is 2.34 bits per heavy atom. The molecule has 10 heteroatoms. The Bertz CT molecular complexity index is 1380. The number of amides is 2. The molecule has 0 aliphatic carbocycles. The first kappa shape index (κ1) is 29.7. The molecule has 0 aliphatic rings. The molecule has 0 spiro atoms. The van der Waals surface area contributed by atoms with Crippen LogP contribution in [0.5, 0.6) is 0 Å². The van der Waals surface area contributed by atoms with Crippen molar-refractivity contribution in [3.63, 3.8) is 0 Å². The van der Waals surface area contributed by atoms with E-state index in [-0.39, 0.29) is 17.3 Å². The Morgan fingerprint density at radius 1 is 1.03 bits per heavy atom. The zero-order valence-electron chi connectivity index (χ0n) is 21.5. The number of hydrogen-bond acceptors (Lipinski definition) is 4. The molecule has 3 aromatic rings. The fourth-order valence-corrected chi connectivity index (χ4v) is 5.95. The fraction of sp³-hybridized carbons (Fsp3) is 0.286. The highest BCUT2D eigenvalue weighted by Crippen LogP contribution is 2.28. The minimum Gasteiger partial charge on any atom is -0.354 e. The molecule has 0 saturated heterocycles. The first-order chi connectivity index (χ1) is 18.0. The number of nitrogens with zero attached hydrogens (tertiary/aromatic N) is 2. The minimum absolute atomic E-state index is 0.00484. The second kappa shape index (κ2) is 13.3. The standard InChI is InChI=1S/C28H31BrClN3O4S/c1-4-16-31-28(35)21(3)32(18-22-9-7-10-23(29)17-22)27(34)19-33(26-11-6-5-8-20(26)2)38(36,37)25-14-12-24(30)13-15-25/h5-15,17,21H,4,16,18-19H2,1-3H3,(H,31,35). The smallest absolute Gasteiger partial charge is 0.264 e. The molecule has 0 saturated carbocycles. The maximum Gasteiger partial charge on any atom is 0.264 e. The van der Waals surface area contributed by atoms with Gasteiger partial charge in [-0.05, 0) is 73.9 Å². The Morgan fingerprint density at radius 2 is 1.71 bits per heavy atom. The number of benzene rings is 3. The maximum absolute atomic E-state index is 13.9. The van der Waals surface area contributed by atoms with Gasteiger partial charge in [-0.3, -0.25) is 13.9 Å². The van der Waals surface area contributed by atoms with Gasteiger partial charge >= 0.3 is 0 Å². The Kier molecular flexibility index (Phi) is 10.4. The number of halogens is 2. The summed E-state index contributed by atoms with van der Waals surface area (Å²) in [6.07, 6.45) is 0.748. The number of carbonyl (C=O) groups is 2. The Labute approximate surface area is 238 Å². The lowest BCUT2D eigenvalue weighted by atomic mass is 10.1. The molecule has 7 nitrogen and oxygen atoms in total.